The molecule has 35 heavy (non-hydrogen) atoms. The quantitative estimate of drug-likeness (QED) is 0.536. The van der Waals surface area contributed by atoms with Crippen LogP contribution < -0.4 is 14.2 Å². The number of ether oxygens (including phenoxy) is 4. The molecule has 1 amide bonds. The molecule has 1 saturated heterocycles. The minimum atomic E-state index is -0.474. The van der Waals surface area contributed by atoms with E-state index in [1.54, 1.807) is 0 Å². The molecule has 0 radical (unpaired) electrons. The molecule has 2 heterocycles. The lowest BCUT2D eigenvalue weighted by Gasteiger charge is -2.35. The van der Waals surface area contributed by atoms with E-state index in [9.17, 15) is 4.79 Å². The minimum absolute atomic E-state index is 0.0404. The van der Waals surface area contributed by atoms with E-state index in [1.807, 2.05) is 42.2 Å². The molecule has 1 unspecified atom stereocenters. The highest BCUT2D eigenvalue weighted by atomic mass is 16.5. The summed E-state index contributed by atoms with van der Waals surface area (Å²) >= 11 is 0. The summed E-state index contributed by atoms with van der Waals surface area (Å²) in [6.45, 7) is 12.1. The Labute approximate surface area is 208 Å². The zero-order chi connectivity index (χ0) is 24.6. The van der Waals surface area contributed by atoms with Gasteiger partial charge in [0.2, 0.25) is 0 Å². The lowest BCUT2D eigenvalue weighted by atomic mass is 10.1. The van der Waals surface area contributed by atoms with Crippen LogP contribution in [0, 0.1) is 5.92 Å². The number of hydrogen-bond donors (Lipinski definition) is 0. The summed E-state index contributed by atoms with van der Waals surface area (Å²) in [7, 11) is 0. The summed E-state index contributed by atoms with van der Waals surface area (Å²) in [5.41, 5.74) is 2.21. The first-order valence-electron chi connectivity index (χ1n) is 12.7. The third kappa shape index (κ3) is 7.12. The van der Waals surface area contributed by atoms with Gasteiger partial charge in [0.25, 0.3) is 5.91 Å². The van der Waals surface area contributed by atoms with Crippen LogP contribution in [0.25, 0.3) is 0 Å². The molecule has 2 aliphatic heterocycles. The maximum absolute atomic E-state index is 13.6. The van der Waals surface area contributed by atoms with Gasteiger partial charge >= 0.3 is 0 Å². The van der Waals surface area contributed by atoms with Crippen molar-refractivity contribution in [3.8, 4) is 17.2 Å². The summed E-state index contributed by atoms with van der Waals surface area (Å²) in [5, 5.41) is 0. The van der Waals surface area contributed by atoms with E-state index in [-0.39, 0.29) is 5.91 Å². The van der Waals surface area contributed by atoms with E-state index in [0.29, 0.717) is 52.0 Å². The molecule has 7 heteroatoms. The van der Waals surface area contributed by atoms with Crippen molar-refractivity contribution >= 4 is 5.91 Å². The summed E-state index contributed by atoms with van der Waals surface area (Å²) < 4.78 is 23.2. The van der Waals surface area contributed by atoms with Gasteiger partial charge in [-0.25, -0.2) is 0 Å². The number of benzene rings is 2. The van der Waals surface area contributed by atoms with Gasteiger partial charge in [0.15, 0.2) is 11.5 Å². The normalized spacial score (nSPS) is 18.2. The number of morpholine rings is 1. The average Bonchev–Trinajstić information content (AvgIpc) is 3.09. The van der Waals surface area contributed by atoms with Gasteiger partial charge in [-0.1, -0.05) is 32.0 Å². The zero-order valence-corrected chi connectivity index (χ0v) is 21.2. The number of carbonyl (C=O) groups excluding carboxylic acids is 1. The highest BCUT2D eigenvalue weighted by Gasteiger charge is 2.31. The van der Waals surface area contributed by atoms with Gasteiger partial charge in [-0.2, -0.15) is 0 Å². The van der Waals surface area contributed by atoms with E-state index in [0.717, 1.165) is 42.3 Å². The Morgan fingerprint density at radius 2 is 1.91 bits per heavy atom. The Hall–Kier alpha value is -2.77. The largest absolute Gasteiger partial charge is 0.494 e. The van der Waals surface area contributed by atoms with Gasteiger partial charge in [0, 0.05) is 39.1 Å². The molecular weight excluding hydrogens is 444 g/mol. The molecule has 2 aromatic carbocycles. The third-order valence-electron chi connectivity index (χ3n) is 6.12. The molecule has 2 aliphatic rings. The lowest BCUT2D eigenvalue weighted by Crippen LogP contribution is -2.51. The van der Waals surface area contributed by atoms with Crippen molar-refractivity contribution in [2.24, 2.45) is 5.92 Å². The van der Waals surface area contributed by atoms with Crippen molar-refractivity contribution < 1.29 is 23.7 Å². The molecule has 0 spiro atoms. The van der Waals surface area contributed by atoms with E-state index < -0.39 is 6.10 Å². The highest BCUT2D eigenvalue weighted by Crippen LogP contribution is 2.31. The monoisotopic (exact) mass is 482 g/mol. The maximum Gasteiger partial charge on any atom is 0.253 e. The molecule has 0 bridgehead atoms. The zero-order valence-electron chi connectivity index (χ0n) is 21.2. The van der Waals surface area contributed by atoms with Gasteiger partial charge in [0.05, 0.1) is 26.4 Å². The Bertz CT molecular complexity index is 980. The van der Waals surface area contributed by atoms with Crippen molar-refractivity contribution in [3.63, 3.8) is 0 Å². The molecule has 0 aromatic heterocycles. The number of rotatable bonds is 9. The van der Waals surface area contributed by atoms with Gasteiger partial charge in [-0.05, 0) is 48.2 Å². The van der Waals surface area contributed by atoms with Crippen LogP contribution in [0.15, 0.2) is 42.5 Å². The molecule has 0 aliphatic carbocycles. The van der Waals surface area contributed by atoms with Crippen LogP contribution in [0.5, 0.6) is 17.2 Å². The number of nitrogens with zero attached hydrogens (tertiary/aromatic N) is 2. The Morgan fingerprint density at radius 3 is 2.71 bits per heavy atom. The Balaban J connectivity index is 1.42. The van der Waals surface area contributed by atoms with Gasteiger partial charge < -0.3 is 23.8 Å². The van der Waals surface area contributed by atoms with E-state index in [2.05, 4.69) is 30.9 Å². The minimum Gasteiger partial charge on any atom is -0.494 e. The van der Waals surface area contributed by atoms with E-state index in [4.69, 9.17) is 18.9 Å². The number of hydrogen-bond acceptors (Lipinski definition) is 6. The predicted octanol–water partition coefficient (Wildman–Crippen LogP) is 4.13. The first kappa shape index (κ1) is 25.3. The molecule has 0 saturated carbocycles. The second-order valence-electron chi connectivity index (χ2n) is 9.62. The standard InChI is InChI=1S/C28H38N2O5/c1-4-32-24-8-5-7-22(15-24)18-29-11-14-35-27(20-29)28(31)30(17-21(2)3)19-23-9-10-25-26(16-23)34-13-6-12-33-25/h5,7-10,15-16,21,27H,4,6,11-14,17-20H2,1-3H3. The molecule has 190 valence electrons. The van der Waals surface area contributed by atoms with Crippen molar-refractivity contribution in [1.29, 1.82) is 0 Å². The van der Waals surface area contributed by atoms with Crippen LogP contribution in [0.4, 0.5) is 0 Å². The third-order valence-corrected chi connectivity index (χ3v) is 6.12. The first-order chi connectivity index (χ1) is 17.0. The lowest BCUT2D eigenvalue weighted by molar-refractivity contribution is -0.151. The van der Waals surface area contributed by atoms with Crippen LogP contribution in [0.3, 0.4) is 0 Å². The smallest absolute Gasteiger partial charge is 0.253 e. The number of carbonyl (C=O) groups is 1. The van der Waals surface area contributed by atoms with Crippen LogP contribution in [0.1, 0.15) is 38.3 Å². The summed E-state index contributed by atoms with van der Waals surface area (Å²) in [6, 6.07) is 14.1. The summed E-state index contributed by atoms with van der Waals surface area (Å²) in [5.74, 6) is 2.79. The predicted molar refractivity (Wildman–Crippen MR) is 135 cm³/mol. The van der Waals surface area contributed by atoms with E-state index >= 15 is 0 Å². The van der Waals surface area contributed by atoms with E-state index in [1.165, 1.54) is 5.56 Å². The second-order valence-corrected chi connectivity index (χ2v) is 9.62. The van der Waals surface area contributed by atoms with Gasteiger partial charge in [-0.15, -0.1) is 0 Å². The van der Waals surface area contributed by atoms with Crippen molar-refractivity contribution in [2.75, 3.05) is 46.1 Å². The molecule has 7 nitrogen and oxygen atoms in total. The van der Waals surface area contributed by atoms with Crippen LogP contribution >= 0.6 is 0 Å². The van der Waals surface area contributed by atoms with Crippen molar-refractivity contribution in [3.05, 3.63) is 53.6 Å². The Kier molecular flexibility index (Phi) is 8.88. The molecule has 4 rings (SSSR count). The first-order valence-corrected chi connectivity index (χ1v) is 12.7. The molecule has 1 fully saturated rings. The average molecular weight is 483 g/mol. The summed E-state index contributed by atoms with van der Waals surface area (Å²) in [6.07, 6.45) is 0.394. The number of fused-ring (bicyclic) bond motifs is 1. The fourth-order valence-corrected chi connectivity index (χ4v) is 4.56. The fourth-order valence-electron chi connectivity index (χ4n) is 4.56. The molecular formula is C28H38N2O5. The highest BCUT2D eigenvalue weighted by molar-refractivity contribution is 5.81. The van der Waals surface area contributed by atoms with Crippen molar-refractivity contribution in [1.82, 2.24) is 9.80 Å². The molecule has 2 aromatic rings. The van der Waals surface area contributed by atoms with Crippen LogP contribution in [0.2, 0.25) is 0 Å². The van der Waals surface area contributed by atoms with Crippen molar-refractivity contribution in [2.45, 2.75) is 46.4 Å². The Morgan fingerprint density at radius 1 is 1.09 bits per heavy atom. The molecule has 0 N–H and O–H groups in total. The van der Waals surface area contributed by atoms with Crippen LogP contribution in [-0.4, -0.2) is 67.9 Å². The fraction of sp³-hybridized carbons (Fsp3) is 0.536. The SMILES string of the molecule is CCOc1cccc(CN2CCOC(C(=O)N(Cc3ccc4c(c3)OCCCO4)CC(C)C)C2)c1. The molecule has 1 atom stereocenters. The van der Waals surface area contributed by atoms with Crippen LogP contribution in [-0.2, 0) is 22.6 Å². The topological polar surface area (TPSA) is 60.5 Å². The van der Waals surface area contributed by atoms with Gasteiger partial charge in [0.1, 0.15) is 11.9 Å². The summed E-state index contributed by atoms with van der Waals surface area (Å²) in [4.78, 5) is 17.8. The second kappa shape index (κ2) is 12.3. The maximum atomic E-state index is 13.6. The van der Waals surface area contributed by atoms with Gasteiger partial charge in [-0.3, -0.25) is 9.69 Å². The number of amides is 1.